The molecule has 0 bridgehead atoms. The van der Waals surface area contributed by atoms with Gasteiger partial charge in [-0.3, -0.25) is 0 Å². The van der Waals surface area contributed by atoms with Gasteiger partial charge in [-0.05, 0) is 19.8 Å². The molecule has 72 valence electrons. The van der Waals surface area contributed by atoms with Crippen LogP contribution in [-0.2, 0) is 11.0 Å². The van der Waals surface area contributed by atoms with Crippen molar-refractivity contribution in [1.82, 2.24) is 4.31 Å². The summed E-state index contributed by atoms with van der Waals surface area (Å²) < 4.78 is 13.6. The molecule has 1 heterocycles. The van der Waals surface area contributed by atoms with Gasteiger partial charge in [0.1, 0.15) is 0 Å². The standard InChI is InChI=1S/C8H18N2OS/c1-6(2)12(11)10-4-7(3)8(9)5-10/h6-8H,4-5,9H2,1-3H3. The third-order valence-corrected chi connectivity index (χ3v) is 3.91. The molecular weight excluding hydrogens is 172 g/mol. The summed E-state index contributed by atoms with van der Waals surface area (Å²) in [7, 11) is -0.835. The average molecular weight is 190 g/mol. The molecule has 0 aromatic rings. The van der Waals surface area contributed by atoms with Gasteiger partial charge >= 0.3 is 0 Å². The molecule has 12 heavy (non-hydrogen) atoms. The van der Waals surface area contributed by atoms with E-state index >= 15 is 0 Å². The Labute approximate surface area is 76.9 Å². The molecule has 0 saturated carbocycles. The van der Waals surface area contributed by atoms with Crippen molar-refractivity contribution in [1.29, 1.82) is 0 Å². The summed E-state index contributed by atoms with van der Waals surface area (Å²) in [5, 5.41) is 0.211. The summed E-state index contributed by atoms with van der Waals surface area (Å²) >= 11 is 0. The van der Waals surface area contributed by atoms with E-state index in [0.29, 0.717) is 5.92 Å². The smallest absolute Gasteiger partial charge is 0.0969 e. The molecule has 0 spiro atoms. The van der Waals surface area contributed by atoms with Crippen LogP contribution in [0.5, 0.6) is 0 Å². The fraction of sp³-hybridized carbons (Fsp3) is 1.00. The summed E-state index contributed by atoms with van der Waals surface area (Å²) in [4.78, 5) is 0. The van der Waals surface area contributed by atoms with Crippen molar-refractivity contribution in [3.05, 3.63) is 0 Å². The van der Waals surface area contributed by atoms with Crippen LogP contribution in [0.1, 0.15) is 20.8 Å². The molecule has 1 rings (SSSR count). The summed E-state index contributed by atoms with van der Waals surface area (Å²) in [6.07, 6.45) is 0. The molecule has 4 heteroatoms. The first-order chi connectivity index (χ1) is 5.52. The normalized spacial score (nSPS) is 34.4. The molecule has 1 fully saturated rings. The highest BCUT2D eigenvalue weighted by atomic mass is 32.2. The Bertz CT molecular complexity index is 174. The molecular formula is C8H18N2OS. The Kier molecular flexibility index (Phi) is 3.26. The Morgan fingerprint density at radius 2 is 2.08 bits per heavy atom. The molecule has 1 aliphatic heterocycles. The molecule has 3 nitrogen and oxygen atoms in total. The van der Waals surface area contributed by atoms with Crippen LogP contribution in [0, 0.1) is 5.92 Å². The van der Waals surface area contributed by atoms with Crippen molar-refractivity contribution in [3.8, 4) is 0 Å². The fourth-order valence-corrected chi connectivity index (χ4v) is 2.69. The first-order valence-corrected chi connectivity index (χ1v) is 5.60. The van der Waals surface area contributed by atoms with Gasteiger partial charge in [0.05, 0.1) is 11.0 Å². The van der Waals surface area contributed by atoms with E-state index in [-0.39, 0.29) is 11.3 Å². The molecule has 0 radical (unpaired) electrons. The SMILES string of the molecule is CC1CN(S(=O)C(C)C)CC1N. The van der Waals surface area contributed by atoms with Crippen LogP contribution in [0.2, 0.25) is 0 Å². The molecule has 0 aromatic carbocycles. The average Bonchev–Trinajstić information content (AvgIpc) is 2.30. The maximum Gasteiger partial charge on any atom is 0.0969 e. The number of rotatable bonds is 2. The van der Waals surface area contributed by atoms with E-state index in [9.17, 15) is 4.21 Å². The second-order valence-electron chi connectivity index (χ2n) is 3.81. The van der Waals surface area contributed by atoms with Crippen LogP contribution in [-0.4, -0.2) is 32.9 Å². The van der Waals surface area contributed by atoms with E-state index in [1.165, 1.54) is 0 Å². The van der Waals surface area contributed by atoms with Gasteiger partial charge in [-0.1, -0.05) is 6.92 Å². The number of hydrogen-bond donors (Lipinski definition) is 1. The van der Waals surface area contributed by atoms with Gasteiger partial charge in [-0.25, -0.2) is 8.51 Å². The highest BCUT2D eigenvalue weighted by Gasteiger charge is 2.30. The van der Waals surface area contributed by atoms with Crippen molar-refractivity contribution < 1.29 is 4.21 Å². The maximum absolute atomic E-state index is 11.6. The van der Waals surface area contributed by atoms with E-state index in [4.69, 9.17) is 5.73 Å². The highest BCUT2D eigenvalue weighted by molar-refractivity contribution is 7.83. The minimum Gasteiger partial charge on any atom is -0.326 e. The Morgan fingerprint density at radius 3 is 2.42 bits per heavy atom. The molecule has 1 saturated heterocycles. The fourth-order valence-electron chi connectivity index (χ4n) is 1.39. The summed E-state index contributed by atoms with van der Waals surface area (Å²) in [5.41, 5.74) is 5.83. The lowest BCUT2D eigenvalue weighted by molar-refractivity contribution is 0.508. The Morgan fingerprint density at radius 1 is 1.50 bits per heavy atom. The van der Waals surface area contributed by atoms with Gasteiger partial charge in [-0.15, -0.1) is 0 Å². The monoisotopic (exact) mass is 190 g/mol. The number of hydrogen-bond acceptors (Lipinski definition) is 2. The molecule has 3 atom stereocenters. The van der Waals surface area contributed by atoms with Crippen LogP contribution < -0.4 is 5.73 Å². The third kappa shape index (κ3) is 2.06. The van der Waals surface area contributed by atoms with E-state index in [2.05, 4.69) is 6.92 Å². The second kappa shape index (κ2) is 3.85. The van der Waals surface area contributed by atoms with E-state index in [1.54, 1.807) is 0 Å². The third-order valence-electron chi connectivity index (χ3n) is 2.29. The quantitative estimate of drug-likeness (QED) is 0.682. The zero-order chi connectivity index (χ0) is 9.30. The van der Waals surface area contributed by atoms with Crippen LogP contribution in [0.25, 0.3) is 0 Å². The molecule has 0 aromatic heterocycles. The molecule has 2 N–H and O–H groups in total. The van der Waals surface area contributed by atoms with Crippen molar-refractivity contribution >= 4 is 11.0 Å². The van der Waals surface area contributed by atoms with Crippen LogP contribution in [0.4, 0.5) is 0 Å². The lowest BCUT2D eigenvalue weighted by Crippen LogP contribution is -2.32. The first kappa shape index (κ1) is 10.2. The van der Waals surface area contributed by atoms with Gasteiger partial charge in [0.15, 0.2) is 0 Å². The van der Waals surface area contributed by atoms with Crippen LogP contribution in [0.15, 0.2) is 0 Å². The highest BCUT2D eigenvalue weighted by Crippen LogP contribution is 2.17. The maximum atomic E-state index is 11.6. The zero-order valence-electron chi connectivity index (χ0n) is 7.99. The van der Waals surface area contributed by atoms with Crippen molar-refractivity contribution in [2.75, 3.05) is 13.1 Å². The second-order valence-corrected chi connectivity index (χ2v) is 5.82. The lowest BCUT2D eigenvalue weighted by Gasteiger charge is -2.16. The van der Waals surface area contributed by atoms with Crippen LogP contribution >= 0.6 is 0 Å². The van der Waals surface area contributed by atoms with Crippen molar-refractivity contribution in [3.63, 3.8) is 0 Å². The topological polar surface area (TPSA) is 46.3 Å². The van der Waals surface area contributed by atoms with Gasteiger partial charge in [0.2, 0.25) is 0 Å². The minimum atomic E-state index is -0.835. The lowest BCUT2D eigenvalue weighted by atomic mass is 10.1. The van der Waals surface area contributed by atoms with E-state index in [0.717, 1.165) is 13.1 Å². The predicted molar refractivity (Wildman–Crippen MR) is 52.0 cm³/mol. The van der Waals surface area contributed by atoms with Crippen molar-refractivity contribution in [2.24, 2.45) is 11.7 Å². The Hall–Kier alpha value is 0.0700. The Balaban J connectivity index is 2.52. The molecule has 0 amide bonds. The zero-order valence-corrected chi connectivity index (χ0v) is 8.80. The summed E-state index contributed by atoms with van der Waals surface area (Å²) in [6, 6.07) is 0.202. The summed E-state index contributed by atoms with van der Waals surface area (Å²) in [6.45, 7) is 7.73. The molecule has 3 unspecified atom stereocenters. The van der Waals surface area contributed by atoms with Gasteiger partial charge < -0.3 is 5.73 Å². The molecule has 0 aliphatic carbocycles. The van der Waals surface area contributed by atoms with Gasteiger partial charge in [0, 0.05) is 24.4 Å². The van der Waals surface area contributed by atoms with E-state index in [1.807, 2.05) is 18.2 Å². The van der Waals surface area contributed by atoms with Crippen LogP contribution in [0.3, 0.4) is 0 Å². The number of nitrogens with zero attached hydrogens (tertiary/aromatic N) is 1. The molecule has 1 aliphatic rings. The van der Waals surface area contributed by atoms with Gasteiger partial charge in [0.25, 0.3) is 0 Å². The summed E-state index contributed by atoms with van der Waals surface area (Å²) in [5.74, 6) is 0.479. The van der Waals surface area contributed by atoms with E-state index < -0.39 is 11.0 Å². The predicted octanol–water partition coefficient (Wildman–Crippen LogP) is 0.338. The first-order valence-electron chi connectivity index (χ1n) is 4.43. The largest absolute Gasteiger partial charge is 0.326 e. The van der Waals surface area contributed by atoms with Gasteiger partial charge in [-0.2, -0.15) is 0 Å². The van der Waals surface area contributed by atoms with Crippen molar-refractivity contribution in [2.45, 2.75) is 32.1 Å². The number of nitrogens with two attached hydrogens (primary N) is 1. The minimum absolute atomic E-state index is 0.202.